The number of rotatable bonds is 0. The van der Waals surface area contributed by atoms with Crippen molar-refractivity contribution in [2.45, 2.75) is 48.5 Å². The normalized spacial score (nSPS) is 24.1. The van der Waals surface area contributed by atoms with Gasteiger partial charge in [0, 0.05) is 0 Å². The summed E-state index contributed by atoms with van der Waals surface area (Å²) in [4.78, 5) is 88.7. The van der Waals surface area contributed by atoms with Crippen molar-refractivity contribution >= 4 is 41.8 Å². The van der Waals surface area contributed by atoms with Crippen LogP contribution in [0.1, 0.15) is 48.5 Å². The molecule has 1 heterocycles. The Bertz CT molecular complexity index is 1180. The van der Waals surface area contributed by atoms with Gasteiger partial charge in [-0.05, 0) is 48.5 Å². The van der Waals surface area contributed by atoms with Crippen LogP contribution in [-0.2, 0) is 66.7 Å². The molecule has 0 saturated carbocycles. The maximum atomic E-state index is 12.7. The van der Waals surface area contributed by atoms with Gasteiger partial charge in [0.1, 0.15) is 46.2 Å². The largest absolute Gasteiger partial charge is 0.457 e. The highest BCUT2D eigenvalue weighted by molar-refractivity contribution is 5.96. The van der Waals surface area contributed by atoms with E-state index in [1.165, 1.54) is 91.0 Å². The monoisotopic (exact) mass is 686 g/mol. The molecule has 14 nitrogen and oxygen atoms in total. The Kier molecular flexibility index (Phi) is 18.7. The molecule has 0 spiro atoms. The lowest BCUT2D eigenvalue weighted by Gasteiger charge is -2.14. The van der Waals surface area contributed by atoms with E-state index in [1.807, 2.05) is 0 Å². The standard InChI is InChI=1S/C35H42O14/c1-8-22-15-43-30(37)24(10-3)17-45-32(39)26(12-5)19-47-34(41)28(14-7)21-49-35(42)27(13-6)20-48-33(40)25(11-4)18-46-31(38)23(9-2)16-44-29(22)36/h8-14H,15-21H2,1-7H3/b22-8+,23-9+,24-10+,25-11+,26-12+,27-13+,28-14+. The molecule has 49 heavy (non-hydrogen) atoms. The Balaban J connectivity index is 3.25. The topological polar surface area (TPSA) is 184 Å². The zero-order valence-electron chi connectivity index (χ0n) is 28.7. The van der Waals surface area contributed by atoms with Crippen molar-refractivity contribution in [3.05, 3.63) is 81.5 Å². The fourth-order valence-electron chi connectivity index (χ4n) is 3.47. The average Bonchev–Trinajstić information content (AvgIpc) is 3.09. The fourth-order valence-corrected chi connectivity index (χ4v) is 3.47. The van der Waals surface area contributed by atoms with Crippen molar-refractivity contribution in [3.8, 4) is 0 Å². The first-order chi connectivity index (χ1) is 23.4. The second kappa shape index (κ2) is 22.1. The summed E-state index contributed by atoms with van der Waals surface area (Å²) in [6, 6.07) is 0. The Morgan fingerprint density at radius 1 is 0.265 bits per heavy atom. The SMILES string of the molecule is C/C=C1\COC(=O)/C(=C/C)COC(=O)/C(=C/C)COC(=O)/C(=C/C)COC(=O)/C(=C/C)COC(=O)/C(=C/C)COC(=O)/C(=C/C)COC1=O. The molecule has 0 unspecified atom stereocenters. The molecule has 1 rings (SSSR count). The van der Waals surface area contributed by atoms with E-state index in [2.05, 4.69) is 0 Å². The number of ether oxygens (including phenoxy) is 7. The quantitative estimate of drug-likeness (QED) is 0.205. The second-order valence-electron chi connectivity index (χ2n) is 9.73. The van der Waals surface area contributed by atoms with Gasteiger partial charge >= 0.3 is 41.8 Å². The van der Waals surface area contributed by atoms with Crippen LogP contribution in [0.25, 0.3) is 0 Å². The smallest absolute Gasteiger partial charge is 0.337 e. The molecule has 0 N–H and O–H groups in total. The fraction of sp³-hybridized carbons (Fsp3) is 0.400. The summed E-state index contributed by atoms with van der Waals surface area (Å²) in [5, 5.41) is 0. The Hall–Kier alpha value is -5.53. The summed E-state index contributed by atoms with van der Waals surface area (Å²) in [6.45, 7) is 7.17. The van der Waals surface area contributed by atoms with Crippen LogP contribution >= 0.6 is 0 Å². The second-order valence-corrected chi connectivity index (χ2v) is 9.73. The molecule has 0 radical (unpaired) electrons. The molecule has 0 atom stereocenters. The summed E-state index contributed by atoms with van der Waals surface area (Å²) < 4.78 is 36.4. The molecule has 1 aliphatic rings. The highest BCUT2D eigenvalue weighted by Gasteiger charge is 2.23. The first-order valence-corrected chi connectivity index (χ1v) is 15.2. The number of hydrogen-bond acceptors (Lipinski definition) is 14. The van der Waals surface area contributed by atoms with Crippen LogP contribution < -0.4 is 0 Å². The number of hydrogen-bond donors (Lipinski definition) is 0. The number of esters is 7. The van der Waals surface area contributed by atoms with Crippen molar-refractivity contribution < 1.29 is 66.7 Å². The van der Waals surface area contributed by atoms with Crippen LogP contribution in [0.4, 0.5) is 0 Å². The van der Waals surface area contributed by atoms with E-state index < -0.39 is 88.0 Å². The average molecular weight is 687 g/mol. The third kappa shape index (κ3) is 13.6. The van der Waals surface area contributed by atoms with Gasteiger partial charge in [-0.15, -0.1) is 0 Å². The van der Waals surface area contributed by atoms with Gasteiger partial charge in [0.25, 0.3) is 0 Å². The molecule has 266 valence electrons. The van der Waals surface area contributed by atoms with Crippen molar-refractivity contribution in [1.82, 2.24) is 0 Å². The van der Waals surface area contributed by atoms with Crippen LogP contribution in [0, 0.1) is 0 Å². The summed E-state index contributed by atoms with van der Waals surface area (Å²) in [6.07, 6.45) is 9.52. The molecule has 1 saturated heterocycles. The van der Waals surface area contributed by atoms with Gasteiger partial charge in [0.2, 0.25) is 0 Å². The van der Waals surface area contributed by atoms with E-state index in [9.17, 15) is 33.6 Å². The zero-order valence-corrected chi connectivity index (χ0v) is 28.7. The number of carbonyl (C=O) groups excluding carboxylic acids is 7. The van der Waals surface area contributed by atoms with E-state index in [4.69, 9.17) is 33.2 Å². The highest BCUT2D eigenvalue weighted by atomic mass is 16.6. The summed E-state index contributed by atoms with van der Waals surface area (Å²) in [5.41, 5.74) is -0.294. The maximum absolute atomic E-state index is 12.7. The lowest BCUT2D eigenvalue weighted by Crippen LogP contribution is -2.23. The van der Waals surface area contributed by atoms with Gasteiger partial charge in [-0.25, -0.2) is 33.6 Å². The zero-order chi connectivity index (χ0) is 36.9. The molecule has 0 aromatic carbocycles. The molecule has 0 aromatic rings. The minimum absolute atomic E-state index is 0.0420. The van der Waals surface area contributed by atoms with Gasteiger partial charge in [0.15, 0.2) is 0 Å². The highest BCUT2D eigenvalue weighted by Crippen LogP contribution is 2.12. The van der Waals surface area contributed by atoms with Crippen molar-refractivity contribution in [1.29, 1.82) is 0 Å². The molecule has 0 amide bonds. The Morgan fingerprint density at radius 3 is 0.449 bits per heavy atom. The lowest BCUT2D eigenvalue weighted by atomic mass is 10.2. The van der Waals surface area contributed by atoms with Crippen molar-refractivity contribution in [2.24, 2.45) is 0 Å². The van der Waals surface area contributed by atoms with E-state index in [0.29, 0.717) is 0 Å². The van der Waals surface area contributed by atoms with Gasteiger partial charge in [-0.2, -0.15) is 0 Å². The van der Waals surface area contributed by atoms with Gasteiger partial charge < -0.3 is 33.2 Å². The van der Waals surface area contributed by atoms with E-state index >= 15 is 0 Å². The molecule has 0 bridgehead atoms. The molecule has 14 heteroatoms. The van der Waals surface area contributed by atoms with Crippen LogP contribution in [0.2, 0.25) is 0 Å². The summed E-state index contributed by atoms with van der Waals surface area (Å²) in [7, 11) is 0. The summed E-state index contributed by atoms with van der Waals surface area (Å²) >= 11 is 0. The van der Waals surface area contributed by atoms with Crippen LogP contribution in [-0.4, -0.2) is 88.0 Å². The minimum Gasteiger partial charge on any atom is -0.457 e. The molecule has 0 aliphatic carbocycles. The molecule has 0 aromatic heterocycles. The lowest BCUT2D eigenvalue weighted by molar-refractivity contribution is -0.144. The van der Waals surface area contributed by atoms with Crippen molar-refractivity contribution in [3.63, 3.8) is 0 Å². The Labute approximate surface area is 284 Å². The maximum Gasteiger partial charge on any atom is 0.337 e. The number of carbonyl (C=O) groups is 7. The first kappa shape index (κ1) is 41.5. The summed E-state index contributed by atoms with van der Waals surface area (Å²) in [5.74, 6) is -6.17. The van der Waals surface area contributed by atoms with Gasteiger partial charge in [0.05, 0.1) is 39.0 Å². The van der Waals surface area contributed by atoms with Crippen molar-refractivity contribution in [2.75, 3.05) is 46.2 Å². The van der Waals surface area contributed by atoms with E-state index in [-0.39, 0.29) is 39.0 Å². The third-order valence-corrected chi connectivity index (χ3v) is 6.79. The predicted octanol–water partition coefficient (Wildman–Crippen LogP) is 3.43. The van der Waals surface area contributed by atoms with Crippen LogP contribution in [0.5, 0.6) is 0 Å². The molecular weight excluding hydrogens is 644 g/mol. The predicted molar refractivity (Wildman–Crippen MR) is 173 cm³/mol. The van der Waals surface area contributed by atoms with Crippen LogP contribution in [0.15, 0.2) is 81.5 Å². The van der Waals surface area contributed by atoms with Gasteiger partial charge in [-0.3, -0.25) is 0 Å². The third-order valence-electron chi connectivity index (χ3n) is 6.79. The first-order valence-electron chi connectivity index (χ1n) is 15.2. The molecular formula is C35H42O14. The number of allylic oxidation sites excluding steroid dienone is 7. The van der Waals surface area contributed by atoms with E-state index in [0.717, 1.165) is 0 Å². The molecule has 1 fully saturated rings. The Morgan fingerprint density at radius 2 is 0.367 bits per heavy atom. The minimum atomic E-state index is -0.881. The number of cyclic esters (lactones) is 7. The molecule has 1 aliphatic heterocycles. The van der Waals surface area contributed by atoms with E-state index in [1.54, 1.807) is 0 Å². The van der Waals surface area contributed by atoms with Gasteiger partial charge in [-0.1, -0.05) is 42.5 Å². The van der Waals surface area contributed by atoms with Crippen LogP contribution in [0.3, 0.4) is 0 Å².